The van der Waals surface area contributed by atoms with Gasteiger partial charge in [-0.15, -0.1) is 0 Å². The van der Waals surface area contributed by atoms with Crippen LogP contribution in [0.2, 0.25) is 0 Å². The van der Waals surface area contributed by atoms with Crippen LogP contribution in [0.4, 0.5) is 0 Å². The van der Waals surface area contributed by atoms with Crippen molar-refractivity contribution in [2.24, 2.45) is 0 Å². The zero-order valence-electron chi connectivity index (χ0n) is 12.8. The largest absolute Gasteiger partial charge is 0.0869 e. The highest BCUT2D eigenvalue weighted by molar-refractivity contribution is 7.52. The second kappa shape index (κ2) is 7.35. The highest BCUT2D eigenvalue weighted by atomic mass is 31.1. The zero-order chi connectivity index (χ0) is 14.5. The molecule has 0 N–H and O–H groups in total. The molecule has 0 aliphatic rings. The third-order valence-electron chi connectivity index (χ3n) is 3.64. The fraction of sp³-hybridized carbons (Fsp3) is 0.333. The third-order valence-corrected chi connectivity index (χ3v) is 7.22. The number of aryl methyl sites for hydroxylation is 2. The van der Waals surface area contributed by atoms with Crippen LogP contribution in [0.1, 0.15) is 25.0 Å². The molecule has 4 unspecified atom stereocenters. The Morgan fingerprint density at radius 3 is 1.20 bits per heavy atom. The molecule has 0 saturated heterocycles. The van der Waals surface area contributed by atoms with Crippen molar-refractivity contribution in [1.29, 1.82) is 0 Å². The Hall–Kier alpha value is -0.700. The molecule has 0 spiro atoms. The lowest BCUT2D eigenvalue weighted by atomic mass is 10.2. The average molecular weight is 302 g/mol. The van der Waals surface area contributed by atoms with Gasteiger partial charge in [-0.1, -0.05) is 90.7 Å². The number of rotatable bonds is 5. The predicted molar refractivity (Wildman–Crippen MR) is 97.2 cm³/mol. The molecule has 2 aromatic carbocycles. The van der Waals surface area contributed by atoms with Gasteiger partial charge in [0.25, 0.3) is 0 Å². The highest BCUT2D eigenvalue weighted by Crippen LogP contribution is 2.31. The first-order valence-corrected chi connectivity index (χ1v) is 9.36. The fourth-order valence-corrected chi connectivity index (χ4v) is 4.85. The Kier molecular flexibility index (Phi) is 5.76. The summed E-state index contributed by atoms with van der Waals surface area (Å²) >= 11 is 0. The van der Waals surface area contributed by atoms with E-state index in [4.69, 9.17) is 0 Å². The molecule has 0 nitrogen and oxygen atoms in total. The Balaban J connectivity index is 1.93. The van der Waals surface area contributed by atoms with Crippen molar-refractivity contribution in [3.8, 4) is 0 Å². The summed E-state index contributed by atoms with van der Waals surface area (Å²) in [6, 6.07) is 18.0. The minimum atomic E-state index is 0.748. The summed E-state index contributed by atoms with van der Waals surface area (Å²) in [5.74, 6) is 0. The van der Waals surface area contributed by atoms with E-state index in [2.05, 4.69) is 76.2 Å². The van der Waals surface area contributed by atoms with Crippen LogP contribution in [0.15, 0.2) is 48.5 Å². The van der Waals surface area contributed by atoms with Crippen molar-refractivity contribution in [2.45, 2.75) is 39.0 Å². The lowest BCUT2D eigenvalue weighted by molar-refractivity contribution is 0.921. The van der Waals surface area contributed by atoms with Crippen LogP contribution in [0.25, 0.3) is 0 Å². The molecule has 2 heteroatoms. The summed E-state index contributed by atoms with van der Waals surface area (Å²) in [5.41, 5.74) is 4.19. The third kappa shape index (κ3) is 4.69. The molecule has 2 aromatic rings. The molecule has 106 valence electrons. The van der Waals surface area contributed by atoms with Gasteiger partial charge in [0.1, 0.15) is 0 Å². The quantitative estimate of drug-likeness (QED) is 0.719. The lowest BCUT2D eigenvalue weighted by Gasteiger charge is -2.20. The molecule has 0 aliphatic heterocycles. The summed E-state index contributed by atoms with van der Waals surface area (Å²) < 4.78 is 0. The van der Waals surface area contributed by atoms with E-state index in [1.807, 2.05) is 0 Å². The van der Waals surface area contributed by atoms with Crippen molar-refractivity contribution in [3.05, 3.63) is 59.7 Å². The van der Waals surface area contributed by atoms with E-state index in [0.717, 1.165) is 28.5 Å². The van der Waals surface area contributed by atoms with Crippen LogP contribution >= 0.6 is 17.2 Å². The molecule has 0 saturated carbocycles. The summed E-state index contributed by atoms with van der Waals surface area (Å²) in [7, 11) is 1.82. The Morgan fingerprint density at radius 2 is 0.900 bits per heavy atom. The summed E-state index contributed by atoms with van der Waals surface area (Å²) in [4.78, 5) is 0. The second-order valence-corrected chi connectivity index (χ2v) is 9.15. The van der Waals surface area contributed by atoms with Gasteiger partial charge < -0.3 is 0 Å². The van der Waals surface area contributed by atoms with Crippen LogP contribution in [0.3, 0.4) is 0 Å². The highest BCUT2D eigenvalue weighted by Gasteiger charge is 2.13. The topological polar surface area (TPSA) is 0 Å². The van der Waals surface area contributed by atoms with Crippen molar-refractivity contribution >= 4 is 27.8 Å². The summed E-state index contributed by atoms with van der Waals surface area (Å²) in [5, 5.41) is 2.98. The number of hydrogen-bond donors (Lipinski definition) is 0. The minimum Gasteiger partial charge on any atom is -0.0869 e. The van der Waals surface area contributed by atoms with E-state index in [9.17, 15) is 0 Å². The zero-order valence-corrected chi connectivity index (χ0v) is 14.8. The van der Waals surface area contributed by atoms with Gasteiger partial charge >= 0.3 is 0 Å². The van der Waals surface area contributed by atoms with Gasteiger partial charge in [-0.3, -0.25) is 0 Å². The maximum Gasteiger partial charge on any atom is -0.0159 e. The lowest BCUT2D eigenvalue weighted by Crippen LogP contribution is -2.16. The van der Waals surface area contributed by atoms with Crippen molar-refractivity contribution in [2.75, 3.05) is 0 Å². The fourth-order valence-electron chi connectivity index (χ4n) is 2.08. The van der Waals surface area contributed by atoms with E-state index in [1.54, 1.807) is 0 Å². The van der Waals surface area contributed by atoms with E-state index < -0.39 is 0 Å². The summed E-state index contributed by atoms with van der Waals surface area (Å²) in [6.45, 7) is 9.09. The van der Waals surface area contributed by atoms with Crippen molar-refractivity contribution in [3.63, 3.8) is 0 Å². The minimum absolute atomic E-state index is 0.748. The standard InChI is InChI=1S/C18H24P2/c1-13-5-9-17(10-6-13)19-15(3)16(4)20-18-11-7-14(2)8-12-18/h5-12,15-16,19-20H,1-4H3. The Labute approximate surface area is 127 Å². The smallest absolute Gasteiger partial charge is 0.0159 e. The van der Waals surface area contributed by atoms with Gasteiger partial charge in [-0.2, -0.15) is 0 Å². The van der Waals surface area contributed by atoms with Crippen LogP contribution in [-0.2, 0) is 0 Å². The van der Waals surface area contributed by atoms with E-state index in [1.165, 1.54) is 21.7 Å². The van der Waals surface area contributed by atoms with Crippen LogP contribution in [-0.4, -0.2) is 11.3 Å². The molecular weight excluding hydrogens is 278 g/mol. The van der Waals surface area contributed by atoms with E-state index in [0.29, 0.717) is 0 Å². The van der Waals surface area contributed by atoms with Gasteiger partial charge in [0.05, 0.1) is 0 Å². The molecule has 0 fully saturated rings. The van der Waals surface area contributed by atoms with Gasteiger partial charge in [-0.05, 0) is 35.8 Å². The molecular formula is C18H24P2. The molecule has 2 rings (SSSR count). The van der Waals surface area contributed by atoms with Gasteiger partial charge in [0.2, 0.25) is 0 Å². The van der Waals surface area contributed by atoms with Crippen molar-refractivity contribution < 1.29 is 0 Å². The van der Waals surface area contributed by atoms with Crippen LogP contribution in [0.5, 0.6) is 0 Å². The van der Waals surface area contributed by atoms with Gasteiger partial charge in [0, 0.05) is 0 Å². The predicted octanol–water partition coefficient (Wildman–Crippen LogP) is 4.39. The maximum absolute atomic E-state index is 2.39. The second-order valence-electron chi connectivity index (χ2n) is 5.60. The van der Waals surface area contributed by atoms with Crippen molar-refractivity contribution in [1.82, 2.24) is 0 Å². The van der Waals surface area contributed by atoms with Crippen LogP contribution in [0, 0.1) is 13.8 Å². The molecule has 0 aromatic heterocycles. The molecule has 4 atom stereocenters. The van der Waals surface area contributed by atoms with Crippen LogP contribution < -0.4 is 10.6 Å². The molecule has 20 heavy (non-hydrogen) atoms. The van der Waals surface area contributed by atoms with E-state index in [-0.39, 0.29) is 0 Å². The number of hydrogen-bond acceptors (Lipinski definition) is 0. The number of benzene rings is 2. The average Bonchev–Trinajstić information content (AvgIpc) is 2.44. The monoisotopic (exact) mass is 302 g/mol. The molecule has 0 bridgehead atoms. The summed E-state index contributed by atoms with van der Waals surface area (Å²) in [6.07, 6.45) is 0. The van der Waals surface area contributed by atoms with E-state index >= 15 is 0 Å². The molecule has 0 heterocycles. The molecule has 0 aliphatic carbocycles. The van der Waals surface area contributed by atoms with Gasteiger partial charge in [0.15, 0.2) is 0 Å². The normalized spacial score (nSPS) is 15.2. The Morgan fingerprint density at radius 1 is 0.600 bits per heavy atom. The maximum atomic E-state index is 2.39. The Bertz CT molecular complexity index is 477. The first kappa shape index (κ1) is 15.7. The molecule has 0 amide bonds. The van der Waals surface area contributed by atoms with Gasteiger partial charge in [-0.25, -0.2) is 0 Å². The first-order chi connectivity index (χ1) is 9.54. The SMILES string of the molecule is Cc1ccc(PC(C)C(C)Pc2ccc(C)cc2)cc1. The molecule has 0 radical (unpaired) electrons. The first-order valence-electron chi connectivity index (χ1n) is 7.21.